The average molecular weight is 150 g/mol. The second-order valence-corrected chi connectivity index (χ2v) is 3.11. The molecule has 0 spiro atoms. The summed E-state index contributed by atoms with van der Waals surface area (Å²) in [6, 6.07) is 0. The van der Waals surface area contributed by atoms with Crippen LogP contribution in [0.2, 0.25) is 0 Å². The van der Waals surface area contributed by atoms with Crippen molar-refractivity contribution in [2.24, 2.45) is 0 Å². The second kappa shape index (κ2) is 5.96. The van der Waals surface area contributed by atoms with Crippen LogP contribution in [0.15, 0.2) is 36.0 Å². The van der Waals surface area contributed by atoms with Crippen LogP contribution >= 0.6 is 0 Å². The van der Waals surface area contributed by atoms with Crippen LogP contribution in [0, 0.1) is 0 Å². The molecule has 11 heavy (non-hydrogen) atoms. The number of rotatable bonds is 4. The average Bonchev–Trinajstić information content (AvgIpc) is 1.85. The Morgan fingerprint density at radius 2 is 1.82 bits per heavy atom. The van der Waals surface area contributed by atoms with Crippen LogP contribution in [0.25, 0.3) is 0 Å². The normalized spacial score (nSPS) is 10.1. The van der Waals surface area contributed by atoms with Crippen LogP contribution in [0.4, 0.5) is 0 Å². The van der Waals surface area contributed by atoms with E-state index in [2.05, 4.69) is 38.7 Å². The van der Waals surface area contributed by atoms with Crippen molar-refractivity contribution in [2.75, 3.05) is 0 Å². The molecule has 0 saturated carbocycles. The molecule has 0 N–H and O–H groups in total. The molecule has 0 aliphatic heterocycles. The predicted molar refractivity (Wildman–Crippen MR) is 52.6 cm³/mol. The largest absolute Gasteiger partial charge is 0.0961 e. The van der Waals surface area contributed by atoms with Crippen molar-refractivity contribution in [3.05, 3.63) is 36.0 Å². The summed E-state index contributed by atoms with van der Waals surface area (Å²) in [5.74, 6) is 0. The molecule has 0 radical (unpaired) electrons. The molecule has 0 aliphatic carbocycles. The molecule has 0 aromatic heterocycles. The van der Waals surface area contributed by atoms with Gasteiger partial charge < -0.3 is 0 Å². The first kappa shape index (κ1) is 10.2. The van der Waals surface area contributed by atoms with Gasteiger partial charge in [-0.3, -0.25) is 0 Å². The third kappa shape index (κ3) is 9.22. The van der Waals surface area contributed by atoms with E-state index in [-0.39, 0.29) is 0 Å². The number of allylic oxidation sites excluding steroid dienone is 5. The van der Waals surface area contributed by atoms with Crippen molar-refractivity contribution in [1.82, 2.24) is 0 Å². The molecule has 62 valence electrons. The highest BCUT2D eigenvalue weighted by molar-refractivity contribution is 5.11. The Balaban J connectivity index is 3.42. The summed E-state index contributed by atoms with van der Waals surface area (Å²) in [6.07, 6.45) is 8.76. The lowest BCUT2D eigenvalue weighted by Gasteiger charge is -1.89. The maximum atomic E-state index is 3.79. The zero-order valence-electron chi connectivity index (χ0n) is 7.85. The summed E-state index contributed by atoms with van der Waals surface area (Å²) < 4.78 is 0. The van der Waals surface area contributed by atoms with Crippen LogP contribution < -0.4 is 0 Å². The van der Waals surface area contributed by atoms with Gasteiger partial charge in [0, 0.05) is 0 Å². The fraction of sp³-hybridized carbons (Fsp3) is 0.455. The first-order chi connectivity index (χ1) is 5.13. The van der Waals surface area contributed by atoms with Crippen molar-refractivity contribution in [3.63, 3.8) is 0 Å². The highest BCUT2D eigenvalue weighted by Crippen LogP contribution is 1.99. The number of hydrogen-bond donors (Lipinski definition) is 0. The van der Waals surface area contributed by atoms with E-state index in [1.54, 1.807) is 0 Å². The molecule has 0 unspecified atom stereocenters. The van der Waals surface area contributed by atoms with Crippen molar-refractivity contribution < 1.29 is 0 Å². The maximum absolute atomic E-state index is 3.79. The van der Waals surface area contributed by atoms with Crippen LogP contribution in [0.3, 0.4) is 0 Å². The van der Waals surface area contributed by atoms with Gasteiger partial charge in [-0.25, -0.2) is 0 Å². The van der Waals surface area contributed by atoms with Gasteiger partial charge >= 0.3 is 0 Å². The van der Waals surface area contributed by atoms with Crippen molar-refractivity contribution >= 4 is 0 Å². The van der Waals surface area contributed by atoms with E-state index in [0.29, 0.717) is 0 Å². The summed E-state index contributed by atoms with van der Waals surface area (Å²) in [7, 11) is 0. The van der Waals surface area contributed by atoms with Gasteiger partial charge in [0.2, 0.25) is 0 Å². The van der Waals surface area contributed by atoms with Gasteiger partial charge in [-0.15, -0.1) is 0 Å². The molecule has 0 amide bonds. The van der Waals surface area contributed by atoms with Crippen molar-refractivity contribution in [1.29, 1.82) is 0 Å². The minimum absolute atomic E-state index is 1.12. The Labute approximate surface area is 70.3 Å². The SMILES string of the molecule is C=C(C)/C=C/CCC=C(C)C. The summed E-state index contributed by atoms with van der Waals surface area (Å²) in [4.78, 5) is 0. The smallest absolute Gasteiger partial charge is 0.0313 e. The Morgan fingerprint density at radius 3 is 2.27 bits per heavy atom. The minimum Gasteiger partial charge on any atom is -0.0961 e. The number of hydrogen-bond acceptors (Lipinski definition) is 0. The molecular weight excluding hydrogens is 132 g/mol. The first-order valence-electron chi connectivity index (χ1n) is 4.08. The Hall–Kier alpha value is -0.780. The fourth-order valence-corrected chi connectivity index (χ4v) is 0.753. The third-order valence-electron chi connectivity index (χ3n) is 1.29. The standard InChI is InChI=1S/C11H18/c1-10(2)8-6-5-7-9-11(3)4/h6,8-9H,1,5,7H2,2-4H3/b8-6+. The molecule has 0 rings (SSSR count). The lowest BCUT2D eigenvalue weighted by molar-refractivity contribution is 1.03. The summed E-state index contributed by atoms with van der Waals surface area (Å²) in [5.41, 5.74) is 2.52. The minimum atomic E-state index is 1.12. The third-order valence-corrected chi connectivity index (χ3v) is 1.29. The molecule has 0 bridgehead atoms. The van der Waals surface area contributed by atoms with Crippen LogP contribution in [-0.4, -0.2) is 0 Å². The topological polar surface area (TPSA) is 0 Å². The van der Waals surface area contributed by atoms with Gasteiger partial charge in [0.15, 0.2) is 0 Å². The summed E-state index contributed by atoms with van der Waals surface area (Å²) >= 11 is 0. The van der Waals surface area contributed by atoms with Gasteiger partial charge in [0.25, 0.3) is 0 Å². The van der Waals surface area contributed by atoms with Gasteiger partial charge in [0.05, 0.1) is 0 Å². The van der Waals surface area contributed by atoms with Crippen LogP contribution in [0.1, 0.15) is 33.6 Å². The van der Waals surface area contributed by atoms with Gasteiger partial charge in [0.1, 0.15) is 0 Å². The van der Waals surface area contributed by atoms with E-state index in [1.807, 2.05) is 6.92 Å². The molecule has 0 aromatic rings. The molecule has 0 saturated heterocycles. The highest BCUT2D eigenvalue weighted by Gasteiger charge is 1.78. The molecule has 0 nitrogen and oxygen atoms in total. The summed E-state index contributed by atoms with van der Waals surface area (Å²) in [6.45, 7) is 10.1. The Kier molecular flexibility index (Phi) is 5.54. The molecule has 0 heterocycles. The van der Waals surface area contributed by atoms with Gasteiger partial charge in [-0.05, 0) is 33.6 Å². The zero-order chi connectivity index (χ0) is 8.69. The van der Waals surface area contributed by atoms with E-state index in [0.717, 1.165) is 18.4 Å². The Morgan fingerprint density at radius 1 is 1.18 bits per heavy atom. The molecule has 0 aliphatic rings. The van der Waals surface area contributed by atoms with E-state index in [1.165, 1.54) is 5.57 Å². The second-order valence-electron chi connectivity index (χ2n) is 3.11. The molecule has 0 heteroatoms. The lowest BCUT2D eigenvalue weighted by Crippen LogP contribution is -1.68. The highest BCUT2D eigenvalue weighted by atomic mass is 13.9. The van der Waals surface area contributed by atoms with Crippen LogP contribution in [0.5, 0.6) is 0 Å². The van der Waals surface area contributed by atoms with E-state index in [4.69, 9.17) is 0 Å². The van der Waals surface area contributed by atoms with E-state index < -0.39 is 0 Å². The molecule has 0 fully saturated rings. The Bertz CT molecular complexity index is 166. The molecule has 0 aromatic carbocycles. The van der Waals surface area contributed by atoms with Crippen molar-refractivity contribution in [2.45, 2.75) is 33.6 Å². The van der Waals surface area contributed by atoms with Gasteiger partial charge in [-0.1, -0.05) is 36.0 Å². The lowest BCUT2D eigenvalue weighted by atomic mass is 10.2. The fourth-order valence-electron chi connectivity index (χ4n) is 0.753. The monoisotopic (exact) mass is 150 g/mol. The molecular formula is C11H18. The number of unbranched alkanes of at least 4 members (excludes halogenated alkanes) is 1. The first-order valence-corrected chi connectivity index (χ1v) is 4.08. The zero-order valence-corrected chi connectivity index (χ0v) is 7.85. The quantitative estimate of drug-likeness (QED) is 0.324. The summed E-state index contributed by atoms with van der Waals surface area (Å²) in [5, 5.41) is 0. The van der Waals surface area contributed by atoms with E-state index in [9.17, 15) is 0 Å². The van der Waals surface area contributed by atoms with E-state index >= 15 is 0 Å². The maximum Gasteiger partial charge on any atom is -0.0313 e. The van der Waals surface area contributed by atoms with Crippen molar-refractivity contribution in [3.8, 4) is 0 Å². The molecule has 0 atom stereocenters. The van der Waals surface area contributed by atoms with Gasteiger partial charge in [-0.2, -0.15) is 0 Å². The predicted octanol–water partition coefficient (Wildman–Crippen LogP) is 3.87. The van der Waals surface area contributed by atoms with Crippen LogP contribution in [-0.2, 0) is 0 Å².